The molecule has 0 spiro atoms. The Morgan fingerprint density at radius 3 is 2.83 bits per heavy atom. The molecule has 3 nitrogen and oxygen atoms in total. The van der Waals surface area contributed by atoms with E-state index in [9.17, 15) is 0 Å². The predicted octanol–water partition coefficient (Wildman–Crippen LogP) is 4.85. The third-order valence-corrected chi connectivity index (χ3v) is 4.32. The van der Waals surface area contributed by atoms with Crippen LogP contribution in [0, 0.1) is 0 Å². The second-order valence-electron chi connectivity index (χ2n) is 6.22. The van der Waals surface area contributed by atoms with Crippen molar-refractivity contribution in [2.24, 2.45) is 0 Å². The van der Waals surface area contributed by atoms with Crippen LogP contribution in [-0.4, -0.2) is 20.3 Å². The minimum atomic E-state index is 0.750. The Morgan fingerprint density at radius 2 is 2.09 bits per heavy atom. The number of allylic oxidation sites excluding steroid dienone is 1. The fourth-order valence-electron chi connectivity index (χ4n) is 2.88. The van der Waals surface area contributed by atoms with Gasteiger partial charge < -0.3 is 14.8 Å². The average Bonchev–Trinajstić information content (AvgIpc) is 2.60. The number of benzene rings is 1. The molecule has 0 saturated heterocycles. The molecule has 0 aliphatic heterocycles. The molecule has 1 aromatic rings. The number of rotatable bonds is 10. The predicted molar refractivity (Wildman–Crippen MR) is 96.3 cm³/mol. The Morgan fingerprint density at radius 1 is 1.17 bits per heavy atom. The van der Waals surface area contributed by atoms with Crippen LogP contribution in [0.4, 0.5) is 0 Å². The maximum Gasteiger partial charge on any atom is 0.161 e. The Hall–Kier alpha value is -1.48. The van der Waals surface area contributed by atoms with Crippen LogP contribution in [0.5, 0.6) is 11.5 Å². The summed E-state index contributed by atoms with van der Waals surface area (Å²) < 4.78 is 11.2. The van der Waals surface area contributed by atoms with Gasteiger partial charge in [0.05, 0.1) is 13.7 Å². The van der Waals surface area contributed by atoms with Gasteiger partial charge in [-0.05, 0) is 62.8 Å². The summed E-state index contributed by atoms with van der Waals surface area (Å²) in [6, 6.07) is 6.22. The molecule has 1 aliphatic rings. The summed E-state index contributed by atoms with van der Waals surface area (Å²) in [5.74, 6) is 1.67. The van der Waals surface area contributed by atoms with Crippen LogP contribution in [0.1, 0.15) is 57.4 Å². The van der Waals surface area contributed by atoms with E-state index in [0.717, 1.165) is 44.0 Å². The van der Waals surface area contributed by atoms with Crippen LogP contribution in [0.25, 0.3) is 0 Å². The number of hydrogen-bond donors (Lipinski definition) is 1. The molecule has 0 fully saturated rings. The molecule has 0 aromatic heterocycles. The molecule has 23 heavy (non-hydrogen) atoms. The molecule has 0 amide bonds. The maximum atomic E-state index is 5.78. The van der Waals surface area contributed by atoms with Gasteiger partial charge in [0.2, 0.25) is 0 Å². The standard InChI is InChI=1S/C20H31NO2/c1-3-4-14-23-19-11-10-18(15-20(19)22-2)16-21-13-12-17-8-6-5-7-9-17/h8,10-11,15,21H,3-7,9,12-14,16H2,1-2H3. The van der Waals surface area contributed by atoms with Crippen LogP contribution in [0.3, 0.4) is 0 Å². The summed E-state index contributed by atoms with van der Waals surface area (Å²) in [6.45, 7) is 4.83. The smallest absolute Gasteiger partial charge is 0.161 e. The highest BCUT2D eigenvalue weighted by Crippen LogP contribution is 2.28. The highest BCUT2D eigenvalue weighted by atomic mass is 16.5. The minimum Gasteiger partial charge on any atom is -0.493 e. The van der Waals surface area contributed by atoms with E-state index in [1.807, 2.05) is 6.07 Å². The molecule has 0 radical (unpaired) electrons. The van der Waals surface area contributed by atoms with Crippen molar-refractivity contribution in [3.63, 3.8) is 0 Å². The molecule has 0 bridgehead atoms. The van der Waals surface area contributed by atoms with Crippen molar-refractivity contribution >= 4 is 0 Å². The first-order valence-corrected chi connectivity index (χ1v) is 9.02. The van der Waals surface area contributed by atoms with Crippen LogP contribution in [0.2, 0.25) is 0 Å². The van der Waals surface area contributed by atoms with Crippen molar-refractivity contribution in [1.29, 1.82) is 0 Å². The molecule has 1 aromatic carbocycles. The normalized spacial score (nSPS) is 14.4. The largest absolute Gasteiger partial charge is 0.493 e. The lowest BCUT2D eigenvalue weighted by Gasteiger charge is -2.14. The highest BCUT2D eigenvalue weighted by molar-refractivity contribution is 5.42. The highest BCUT2D eigenvalue weighted by Gasteiger charge is 2.06. The van der Waals surface area contributed by atoms with Crippen molar-refractivity contribution in [2.45, 2.75) is 58.4 Å². The van der Waals surface area contributed by atoms with E-state index in [1.54, 1.807) is 12.7 Å². The van der Waals surface area contributed by atoms with Gasteiger partial charge in [-0.2, -0.15) is 0 Å². The van der Waals surface area contributed by atoms with Gasteiger partial charge in [-0.1, -0.05) is 31.1 Å². The van der Waals surface area contributed by atoms with Gasteiger partial charge in [0, 0.05) is 6.54 Å². The second-order valence-corrected chi connectivity index (χ2v) is 6.22. The molecule has 1 N–H and O–H groups in total. The van der Waals surface area contributed by atoms with Gasteiger partial charge in [0.25, 0.3) is 0 Å². The summed E-state index contributed by atoms with van der Waals surface area (Å²) >= 11 is 0. The van der Waals surface area contributed by atoms with E-state index < -0.39 is 0 Å². The minimum absolute atomic E-state index is 0.750. The van der Waals surface area contributed by atoms with Crippen molar-refractivity contribution in [2.75, 3.05) is 20.3 Å². The third-order valence-electron chi connectivity index (χ3n) is 4.32. The number of nitrogens with one attached hydrogen (secondary N) is 1. The molecule has 0 heterocycles. The van der Waals surface area contributed by atoms with Gasteiger partial charge >= 0.3 is 0 Å². The van der Waals surface area contributed by atoms with Crippen LogP contribution in [-0.2, 0) is 6.54 Å². The lowest BCUT2D eigenvalue weighted by atomic mass is 9.97. The monoisotopic (exact) mass is 317 g/mol. The molecule has 0 saturated carbocycles. The zero-order valence-corrected chi connectivity index (χ0v) is 14.7. The maximum absolute atomic E-state index is 5.78. The third kappa shape index (κ3) is 6.26. The van der Waals surface area contributed by atoms with E-state index >= 15 is 0 Å². The lowest BCUT2D eigenvalue weighted by molar-refractivity contribution is 0.288. The van der Waals surface area contributed by atoms with Crippen LogP contribution in [0.15, 0.2) is 29.8 Å². The van der Waals surface area contributed by atoms with Crippen molar-refractivity contribution in [3.05, 3.63) is 35.4 Å². The molecule has 2 rings (SSSR count). The lowest BCUT2D eigenvalue weighted by Crippen LogP contribution is -2.15. The molecular weight excluding hydrogens is 286 g/mol. The molecule has 0 atom stereocenters. The first-order chi connectivity index (χ1) is 11.3. The van der Waals surface area contributed by atoms with Gasteiger partial charge in [-0.25, -0.2) is 0 Å². The van der Waals surface area contributed by atoms with Gasteiger partial charge in [-0.3, -0.25) is 0 Å². The van der Waals surface area contributed by atoms with Crippen LogP contribution < -0.4 is 14.8 Å². The number of methoxy groups -OCH3 is 1. The average molecular weight is 317 g/mol. The van der Waals surface area contributed by atoms with E-state index in [-0.39, 0.29) is 0 Å². The van der Waals surface area contributed by atoms with E-state index in [1.165, 1.54) is 37.7 Å². The fourth-order valence-corrected chi connectivity index (χ4v) is 2.88. The first kappa shape index (κ1) is 17.9. The zero-order valence-electron chi connectivity index (χ0n) is 14.7. The Balaban J connectivity index is 1.77. The number of hydrogen-bond acceptors (Lipinski definition) is 3. The Bertz CT molecular complexity index is 496. The summed E-state index contributed by atoms with van der Waals surface area (Å²) in [6.07, 6.45) is 11.1. The van der Waals surface area contributed by atoms with Gasteiger partial charge in [-0.15, -0.1) is 0 Å². The zero-order chi connectivity index (χ0) is 16.3. The molecule has 1 aliphatic carbocycles. The van der Waals surface area contributed by atoms with E-state index in [4.69, 9.17) is 9.47 Å². The quantitative estimate of drug-likeness (QED) is 0.494. The Kier molecular flexibility index (Phi) is 8.02. The number of unbranched alkanes of at least 4 members (excludes halogenated alkanes) is 1. The van der Waals surface area contributed by atoms with Gasteiger partial charge in [0.1, 0.15) is 0 Å². The first-order valence-electron chi connectivity index (χ1n) is 9.02. The second kappa shape index (κ2) is 10.3. The van der Waals surface area contributed by atoms with Crippen molar-refractivity contribution in [3.8, 4) is 11.5 Å². The van der Waals surface area contributed by atoms with Gasteiger partial charge in [0.15, 0.2) is 11.5 Å². The Labute approximate surface area is 141 Å². The number of ether oxygens (including phenoxy) is 2. The topological polar surface area (TPSA) is 30.5 Å². The summed E-state index contributed by atoms with van der Waals surface area (Å²) in [7, 11) is 1.70. The van der Waals surface area contributed by atoms with Crippen molar-refractivity contribution < 1.29 is 9.47 Å². The summed E-state index contributed by atoms with van der Waals surface area (Å²) in [5, 5.41) is 3.53. The van der Waals surface area contributed by atoms with E-state index in [0.29, 0.717) is 0 Å². The fraction of sp³-hybridized carbons (Fsp3) is 0.600. The van der Waals surface area contributed by atoms with Crippen LogP contribution >= 0.6 is 0 Å². The molecule has 128 valence electrons. The molecule has 3 heteroatoms. The summed E-state index contributed by atoms with van der Waals surface area (Å²) in [4.78, 5) is 0. The molecular formula is C20H31NO2. The summed E-state index contributed by atoms with van der Waals surface area (Å²) in [5.41, 5.74) is 2.86. The molecule has 0 unspecified atom stereocenters. The van der Waals surface area contributed by atoms with E-state index in [2.05, 4.69) is 30.4 Å². The SMILES string of the molecule is CCCCOc1ccc(CNCCC2=CCCCC2)cc1OC. The van der Waals surface area contributed by atoms with Crippen molar-refractivity contribution in [1.82, 2.24) is 5.32 Å².